The second kappa shape index (κ2) is 5.35. The Balaban J connectivity index is 2.11. The summed E-state index contributed by atoms with van der Waals surface area (Å²) in [6.45, 7) is 4.53. The first-order valence-electron chi connectivity index (χ1n) is 6.28. The monoisotopic (exact) mass is 218 g/mol. The highest BCUT2D eigenvalue weighted by atomic mass is 15.1. The van der Waals surface area contributed by atoms with Crippen LogP contribution < -0.4 is 10.2 Å². The molecule has 1 aliphatic heterocycles. The Bertz CT molecular complexity index is 327. The minimum absolute atomic E-state index is 0.691. The normalized spacial score (nSPS) is 21.5. The Kier molecular flexibility index (Phi) is 3.83. The summed E-state index contributed by atoms with van der Waals surface area (Å²) < 4.78 is 0. The van der Waals surface area contributed by atoms with Crippen molar-refractivity contribution >= 4 is 5.69 Å². The van der Waals surface area contributed by atoms with Crippen LogP contribution in [-0.4, -0.2) is 26.2 Å². The lowest BCUT2D eigenvalue weighted by atomic mass is 10.1. The van der Waals surface area contributed by atoms with Gasteiger partial charge in [0.2, 0.25) is 0 Å². The molecule has 0 spiro atoms. The van der Waals surface area contributed by atoms with Crippen molar-refractivity contribution in [2.24, 2.45) is 0 Å². The lowest BCUT2D eigenvalue weighted by molar-refractivity contribution is 0.566. The van der Waals surface area contributed by atoms with Gasteiger partial charge in [-0.15, -0.1) is 0 Å². The minimum atomic E-state index is 0.691. The first-order chi connectivity index (χ1) is 7.79. The lowest BCUT2D eigenvalue weighted by Gasteiger charge is -2.30. The Morgan fingerprint density at radius 2 is 2.00 bits per heavy atom. The SMILES string of the molecule is Cc1ccccc1N(C)C1CCCNCC1. The molecule has 1 N–H and O–H groups in total. The molecule has 0 radical (unpaired) electrons. The van der Waals surface area contributed by atoms with Crippen LogP contribution in [0, 0.1) is 6.92 Å². The van der Waals surface area contributed by atoms with Crippen LogP contribution in [0.3, 0.4) is 0 Å². The fourth-order valence-electron chi connectivity index (χ4n) is 2.54. The van der Waals surface area contributed by atoms with Crippen LogP contribution in [0.15, 0.2) is 24.3 Å². The second-order valence-corrected chi connectivity index (χ2v) is 4.73. The summed E-state index contributed by atoms with van der Waals surface area (Å²) >= 11 is 0. The molecule has 2 rings (SSSR count). The summed E-state index contributed by atoms with van der Waals surface area (Å²) in [6.07, 6.45) is 3.85. The largest absolute Gasteiger partial charge is 0.371 e. The highest BCUT2D eigenvalue weighted by Gasteiger charge is 2.17. The number of hydrogen-bond donors (Lipinski definition) is 1. The standard InChI is InChI=1S/C14H22N2/c1-12-6-3-4-8-14(12)16(2)13-7-5-10-15-11-9-13/h3-4,6,8,13,15H,5,7,9-11H2,1-2H3. The van der Waals surface area contributed by atoms with Gasteiger partial charge in [-0.2, -0.15) is 0 Å². The van der Waals surface area contributed by atoms with Crippen LogP contribution in [0.4, 0.5) is 5.69 Å². The third kappa shape index (κ3) is 2.56. The zero-order valence-corrected chi connectivity index (χ0v) is 10.4. The maximum Gasteiger partial charge on any atom is 0.0395 e. The van der Waals surface area contributed by atoms with Gasteiger partial charge in [0, 0.05) is 18.8 Å². The number of benzene rings is 1. The molecule has 1 aliphatic rings. The molecule has 1 fully saturated rings. The van der Waals surface area contributed by atoms with Gasteiger partial charge >= 0.3 is 0 Å². The van der Waals surface area contributed by atoms with Crippen molar-refractivity contribution in [2.75, 3.05) is 25.0 Å². The summed E-state index contributed by atoms with van der Waals surface area (Å²) in [5.74, 6) is 0. The molecule has 0 saturated carbocycles. The molecule has 0 aromatic heterocycles. The minimum Gasteiger partial charge on any atom is -0.371 e. The molecule has 2 heteroatoms. The number of aryl methyl sites for hydroxylation is 1. The first kappa shape index (κ1) is 11.5. The summed E-state index contributed by atoms with van der Waals surface area (Å²) in [4.78, 5) is 2.46. The molecule has 0 bridgehead atoms. The van der Waals surface area contributed by atoms with Crippen LogP contribution in [-0.2, 0) is 0 Å². The van der Waals surface area contributed by atoms with Crippen LogP contribution in [0.1, 0.15) is 24.8 Å². The molecule has 88 valence electrons. The average molecular weight is 218 g/mol. The van der Waals surface area contributed by atoms with Crippen LogP contribution in [0.2, 0.25) is 0 Å². The molecule has 1 aromatic rings. The van der Waals surface area contributed by atoms with Gasteiger partial charge in [0.1, 0.15) is 0 Å². The lowest BCUT2D eigenvalue weighted by Crippen LogP contribution is -2.32. The zero-order chi connectivity index (χ0) is 11.4. The average Bonchev–Trinajstić information content (AvgIpc) is 2.57. The van der Waals surface area contributed by atoms with Crippen molar-refractivity contribution in [1.29, 1.82) is 0 Å². The maximum absolute atomic E-state index is 3.47. The molecule has 1 saturated heterocycles. The van der Waals surface area contributed by atoms with E-state index in [1.54, 1.807) is 0 Å². The van der Waals surface area contributed by atoms with Gasteiger partial charge in [-0.25, -0.2) is 0 Å². The zero-order valence-electron chi connectivity index (χ0n) is 10.4. The van der Waals surface area contributed by atoms with E-state index in [1.165, 1.54) is 37.1 Å². The Morgan fingerprint density at radius 3 is 2.81 bits per heavy atom. The van der Waals surface area contributed by atoms with E-state index in [1.807, 2.05) is 0 Å². The van der Waals surface area contributed by atoms with Gasteiger partial charge < -0.3 is 10.2 Å². The second-order valence-electron chi connectivity index (χ2n) is 4.73. The molecule has 1 atom stereocenters. The van der Waals surface area contributed by atoms with Gasteiger partial charge in [-0.3, -0.25) is 0 Å². The van der Waals surface area contributed by atoms with E-state index < -0.39 is 0 Å². The molecule has 0 amide bonds. The Hall–Kier alpha value is -1.02. The fourth-order valence-corrected chi connectivity index (χ4v) is 2.54. The van der Waals surface area contributed by atoms with Crippen molar-refractivity contribution in [2.45, 2.75) is 32.2 Å². The molecule has 16 heavy (non-hydrogen) atoms. The quantitative estimate of drug-likeness (QED) is 0.820. The summed E-state index contributed by atoms with van der Waals surface area (Å²) in [6, 6.07) is 9.36. The highest BCUT2D eigenvalue weighted by molar-refractivity contribution is 5.53. The van der Waals surface area contributed by atoms with E-state index >= 15 is 0 Å². The van der Waals surface area contributed by atoms with Crippen molar-refractivity contribution in [1.82, 2.24) is 5.32 Å². The van der Waals surface area contributed by atoms with Gasteiger partial charge in [0.25, 0.3) is 0 Å². The predicted octanol–water partition coefficient (Wildman–Crippen LogP) is 2.57. The van der Waals surface area contributed by atoms with Gasteiger partial charge in [0.05, 0.1) is 0 Å². The van der Waals surface area contributed by atoms with Crippen LogP contribution in [0.5, 0.6) is 0 Å². The third-order valence-electron chi connectivity index (χ3n) is 3.59. The summed E-state index contributed by atoms with van der Waals surface area (Å²) in [5, 5.41) is 3.47. The number of hydrogen-bond acceptors (Lipinski definition) is 2. The van der Waals surface area contributed by atoms with E-state index in [-0.39, 0.29) is 0 Å². The molecule has 1 unspecified atom stereocenters. The van der Waals surface area contributed by atoms with Gasteiger partial charge in [-0.1, -0.05) is 18.2 Å². The van der Waals surface area contributed by atoms with Crippen molar-refractivity contribution < 1.29 is 0 Å². The molecular weight excluding hydrogens is 196 g/mol. The number of nitrogens with zero attached hydrogens (tertiary/aromatic N) is 1. The summed E-state index contributed by atoms with van der Waals surface area (Å²) in [7, 11) is 2.23. The number of rotatable bonds is 2. The van der Waals surface area contributed by atoms with Gasteiger partial charge in [0.15, 0.2) is 0 Å². The van der Waals surface area contributed by atoms with Crippen LogP contribution in [0.25, 0.3) is 0 Å². The number of nitrogens with one attached hydrogen (secondary N) is 1. The van der Waals surface area contributed by atoms with E-state index in [2.05, 4.69) is 48.5 Å². The molecule has 0 aliphatic carbocycles. The van der Waals surface area contributed by atoms with Crippen LogP contribution >= 0.6 is 0 Å². The molecular formula is C14H22N2. The summed E-state index contributed by atoms with van der Waals surface area (Å²) in [5.41, 5.74) is 2.76. The van der Waals surface area contributed by atoms with E-state index in [0.29, 0.717) is 6.04 Å². The fraction of sp³-hybridized carbons (Fsp3) is 0.571. The van der Waals surface area contributed by atoms with E-state index in [4.69, 9.17) is 0 Å². The first-order valence-corrected chi connectivity index (χ1v) is 6.28. The Labute approximate surface area is 98.7 Å². The van der Waals surface area contributed by atoms with Crippen molar-refractivity contribution in [3.8, 4) is 0 Å². The topological polar surface area (TPSA) is 15.3 Å². The third-order valence-corrected chi connectivity index (χ3v) is 3.59. The Morgan fingerprint density at radius 1 is 1.19 bits per heavy atom. The van der Waals surface area contributed by atoms with E-state index in [9.17, 15) is 0 Å². The molecule has 1 heterocycles. The van der Waals surface area contributed by atoms with Crippen molar-refractivity contribution in [3.05, 3.63) is 29.8 Å². The maximum atomic E-state index is 3.47. The number of para-hydroxylation sites is 1. The highest BCUT2D eigenvalue weighted by Crippen LogP contribution is 2.23. The smallest absolute Gasteiger partial charge is 0.0395 e. The van der Waals surface area contributed by atoms with Gasteiger partial charge in [-0.05, 0) is 50.9 Å². The van der Waals surface area contributed by atoms with Crippen molar-refractivity contribution in [3.63, 3.8) is 0 Å². The number of anilines is 1. The van der Waals surface area contributed by atoms with E-state index in [0.717, 1.165) is 6.54 Å². The molecule has 2 nitrogen and oxygen atoms in total. The predicted molar refractivity (Wildman–Crippen MR) is 70.1 cm³/mol. The molecule has 1 aromatic carbocycles.